The molecule has 0 saturated heterocycles. The van der Waals surface area contributed by atoms with Crippen LogP contribution in [0.15, 0.2) is 94.4 Å². The second-order valence-corrected chi connectivity index (χ2v) is 9.49. The first-order chi connectivity index (χ1) is 17.4. The van der Waals surface area contributed by atoms with Crippen LogP contribution in [0.3, 0.4) is 0 Å². The van der Waals surface area contributed by atoms with Gasteiger partial charge in [-0.1, -0.05) is 12.1 Å². The minimum Gasteiger partial charge on any atom is -0.467 e. The molecule has 10 heteroatoms. The first-order valence-electron chi connectivity index (χ1n) is 10.9. The van der Waals surface area contributed by atoms with Gasteiger partial charge in [-0.15, -0.1) is 0 Å². The molecule has 2 heterocycles. The highest BCUT2D eigenvalue weighted by atomic mass is 32.2. The highest BCUT2D eigenvalue weighted by molar-refractivity contribution is 7.87. The number of carbonyl (C=O) groups excluding carboxylic acids is 1. The van der Waals surface area contributed by atoms with Crippen molar-refractivity contribution in [2.75, 3.05) is 6.79 Å². The molecule has 1 amide bonds. The number of amides is 1. The molecular formula is C26H20FNO7S. The Labute approximate surface area is 206 Å². The number of hydrogen-bond acceptors (Lipinski definition) is 7. The largest absolute Gasteiger partial charge is 0.467 e. The lowest BCUT2D eigenvalue weighted by atomic mass is 10.1. The van der Waals surface area contributed by atoms with E-state index in [1.807, 2.05) is 0 Å². The molecule has 0 N–H and O–H groups in total. The van der Waals surface area contributed by atoms with Crippen LogP contribution in [0.5, 0.6) is 17.2 Å². The van der Waals surface area contributed by atoms with Crippen molar-refractivity contribution in [3.8, 4) is 17.2 Å². The van der Waals surface area contributed by atoms with E-state index in [0.29, 0.717) is 28.4 Å². The summed E-state index contributed by atoms with van der Waals surface area (Å²) in [4.78, 5) is 14.8. The summed E-state index contributed by atoms with van der Waals surface area (Å²) in [6.07, 6.45) is 1.52. The number of carbonyl (C=O) groups is 1. The molecule has 0 radical (unpaired) electrons. The molecule has 36 heavy (non-hydrogen) atoms. The maximum absolute atomic E-state index is 13.4. The highest BCUT2D eigenvalue weighted by Crippen LogP contribution is 2.33. The summed E-state index contributed by atoms with van der Waals surface area (Å²) < 4.78 is 59.8. The molecule has 1 aromatic heterocycles. The van der Waals surface area contributed by atoms with Crippen molar-refractivity contribution in [2.45, 2.75) is 18.0 Å². The molecule has 3 aromatic carbocycles. The predicted molar refractivity (Wildman–Crippen MR) is 126 cm³/mol. The van der Waals surface area contributed by atoms with E-state index >= 15 is 0 Å². The van der Waals surface area contributed by atoms with Gasteiger partial charge in [0.15, 0.2) is 11.5 Å². The van der Waals surface area contributed by atoms with Gasteiger partial charge >= 0.3 is 10.1 Å². The van der Waals surface area contributed by atoms with Gasteiger partial charge in [-0.25, -0.2) is 4.39 Å². The maximum atomic E-state index is 13.4. The Bertz CT molecular complexity index is 1490. The van der Waals surface area contributed by atoms with Gasteiger partial charge in [0.2, 0.25) is 6.79 Å². The zero-order chi connectivity index (χ0) is 25.1. The summed E-state index contributed by atoms with van der Waals surface area (Å²) in [6.45, 7) is 0.414. The molecule has 0 bridgehead atoms. The zero-order valence-electron chi connectivity index (χ0n) is 18.8. The Morgan fingerprint density at radius 1 is 0.917 bits per heavy atom. The van der Waals surface area contributed by atoms with Crippen molar-refractivity contribution in [1.82, 2.24) is 4.90 Å². The van der Waals surface area contributed by atoms with Gasteiger partial charge in [0.05, 0.1) is 12.8 Å². The van der Waals surface area contributed by atoms with E-state index in [1.165, 1.54) is 18.4 Å². The van der Waals surface area contributed by atoms with Gasteiger partial charge in [0.1, 0.15) is 22.2 Å². The first-order valence-corrected chi connectivity index (χ1v) is 12.3. The van der Waals surface area contributed by atoms with Crippen molar-refractivity contribution in [3.63, 3.8) is 0 Å². The van der Waals surface area contributed by atoms with E-state index < -0.39 is 15.9 Å². The quantitative estimate of drug-likeness (QED) is 0.316. The number of halogens is 1. The van der Waals surface area contributed by atoms with E-state index in [0.717, 1.165) is 24.3 Å². The number of ether oxygens (including phenoxy) is 2. The molecule has 0 fully saturated rings. The molecule has 184 valence electrons. The number of furan rings is 1. The molecule has 1 aliphatic rings. The molecule has 8 nitrogen and oxygen atoms in total. The minimum atomic E-state index is -4.17. The lowest BCUT2D eigenvalue weighted by Gasteiger charge is -2.22. The molecule has 0 unspecified atom stereocenters. The fraction of sp³-hybridized carbons (Fsp3) is 0.115. The standard InChI is InChI=1S/C26H20FNO7S/c27-20-7-9-23(10-8-20)36(30,31)35-21-4-1-3-18(13-21)15-28(16-22-5-2-12-32-22)26(29)19-6-11-24-25(14-19)34-17-33-24/h1-14H,15-17H2. The van der Waals surface area contributed by atoms with Crippen LogP contribution in [-0.4, -0.2) is 26.0 Å². The van der Waals surface area contributed by atoms with E-state index in [-0.39, 0.29) is 36.4 Å². The average Bonchev–Trinajstić information content (AvgIpc) is 3.55. The Hall–Kier alpha value is -4.31. The van der Waals surface area contributed by atoms with Crippen molar-refractivity contribution in [1.29, 1.82) is 0 Å². The Balaban J connectivity index is 1.38. The molecule has 0 aliphatic carbocycles. The van der Waals surface area contributed by atoms with Gasteiger partial charge < -0.3 is 23.0 Å². The van der Waals surface area contributed by atoms with Crippen LogP contribution in [-0.2, 0) is 23.2 Å². The van der Waals surface area contributed by atoms with E-state index in [2.05, 4.69) is 0 Å². The molecule has 1 aliphatic heterocycles. The van der Waals surface area contributed by atoms with Crippen molar-refractivity contribution in [2.24, 2.45) is 0 Å². The van der Waals surface area contributed by atoms with Crippen LogP contribution < -0.4 is 13.7 Å². The number of benzene rings is 3. The van der Waals surface area contributed by atoms with Crippen LogP contribution in [0.4, 0.5) is 4.39 Å². The Kier molecular flexibility index (Phi) is 6.34. The van der Waals surface area contributed by atoms with Gasteiger partial charge in [-0.2, -0.15) is 8.42 Å². The topological polar surface area (TPSA) is 95.3 Å². The smallest absolute Gasteiger partial charge is 0.339 e. The lowest BCUT2D eigenvalue weighted by Crippen LogP contribution is -2.30. The molecule has 0 spiro atoms. The third-order valence-electron chi connectivity index (χ3n) is 5.41. The fourth-order valence-electron chi connectivity index (χ4n) is 3.69. The summed E-state index contributed by atoms with van der Waals surface area (Å²) in [5.41, 5.74) is 1.03. The zero-order valence-corrected chi connectivity index (χ0v) is 19.6. The second kappa shape index (κ2) is 9.74. The molecular weight excluding hydrogens is 489 g/mol. The van der Waals surface area contributed by atoms with Crippen LogP contribution in [0.25, 0.3) is 0 Å². The van der Waals surface area contributed by atoms with Gasteiger partial charge in [-0.05, 0) is 72.3 Å². The van der Waals surface area contributed by atoms with Gasteiger partial charge in [-0.3, -0.25) is 4.79 Å². The van der Waals surface area contributed by atoms with Crippen molar-refractivity contribution >= 4 is 16.0 Å². The summed E-state index contributed by atoms with van der Waals surface area (Å²) in [5.74, 6) is 0.854. The van der Waals surface area contributed by atoms with E-state index in [1.54, 1.807) is 47.4 Å². The third kappa shape index (κ3) is 5.18. The molecule has 5 rings (SSSR count). The highest BCUT2D eigenvalue weighted by Gasteiger charge is 2.22. The first kappa shape index (κ1) is 23.4. The summed E-state index contributed by atoms with van der Waals surface area (Å²) in [6, 6.07) is 19.2. The van der Waals surface area contributed by atoms with Crippen LogP contribution in [0.1, 0.15) is 21.7 Å². The minimum absolute atomic E-state index is 0.0605. The maximum Gasteiger partial charge on any atom is 0.339 e. The lowest BCUT2D eigenvalue weighted by molar-refractivity contribution is 0.0717. The average molecular weight is 510 g/mol. The summed E-state index contributed by atoms with van der Waals surface area (Å²) >= 11 is 0. The SMILES string of the molecule is O=C(c1ccc2c(c1)OCO2)N(Cc1cccc(OS(=O)(=O)c2ccc(F)cc2)c1)Cc1ccco1. The van der Waals surface area contributed by atoms with E-state index in [4.69, 9.17) is 18.1 Å². The van der Waals surface area contributed by atoms with Crippen LogP contribution in [0, 0.1) is 5.82 Å². The van der Waals surface area contributed by atoms with E-state index in [9.17, 15) is 17.6 Å². The Morgan fingerprint density at radius 2 is 1.72 bits per heavy atom. The second-order valence-electron chi connectivity index (χ2n) is 7.95. The number of rotatable bonds is 8. The molecule has 4 aromatic rings. The summed E-state index contributed by atoms with van der Waals surface area (Å²) in [7, 11) is -4.17. The van der Waals surface area contributed by atoms with Crippen molar-refractivity contribution < 1.29 is 35.7 Å². The van der Waals surface area contributed by atoms with Crippen LogP contribution in [0.2, 0.25) is 0 Å². The fourth-order valence-corrected chi connectivity index (χ4v) is 4.62. The number of fused-ring (bicyclic) bond motifs is 1. The molecule has 0 saturated carbocycles. The summed E-state index contributed by atoms with van der Waals surface area (Å²) in [5, 5.41) is 0. The predicted octanol–water partition coefficient (Wildman–Crippen LogP) is 4.76. The van der Waals surface area contributed by atoms with Gasteiger partial charge in [0.25, 0.3) is 5.91 Å². The van der Waals surface area contributed by atoms with Crippen molar-refractivity contribution in [3.05, 3.63) is 108 Å². The number of hydrogen-bond donors (Lipinski definition) is 0. The monoisotopic (exact) mass is 509 g/mol. The normalized spacial score (nSPS) is 12.4. The Morgan fingerprint density at radius 3 is 2.50 bits per heavy atom. The number of nitrogens with zero attached hydrogens (tertiary/aromatic N) is 1. The third-order valence-corrected chi connectivity index (χ3v) is 6.68. The molecule has 0 atom stereocenters. The van der Waals surface area contributed by atoms with Gasteiger partial charge in [0, 0.05) is 12.1 Å². The van der Waals surface area contributed by atoms with Crippen LogP contribution >= 0.6 is 0 Å².